The van der Waals surface area contributed by atoms with Crippen molar-refractivity contribution < 1.29 is 14.7 Å². The highest BCUT2D eigenvalue weighted by molar-refractivity contribution is 6.07. The summed E-state index contributed by atoms with van der Waals surface area (Å²) in [4.78, 5) is 47.5. The molecule has 6 rings (SSSR count). The second kappa shape index (κ2) is 6.01. The van der Waals surface area contributed by atoms with Gasteiger partial charge < -0.3 is 10.0 Å². The van der Waals surface area contributed by atoms with E-state index in [1.807, 2.05) is 13.0 Å². The molecule has 2 amide bonds. The molecule has 0 spiro atoms. The van der Waals surface area contributed by atoms with Gasteiger partial charge in [-0.1, -0.05) is 37.3 Å². The van der Waals surface area contributed by atoms with E-state index in [-0.39, 0.29) is 23.8 Å². The first-order chi connectivity index (χ1) is 15.0. The third-order valence-electron chi connectivity index (χ3n) is 6.88. The fraction of sp³-hybridized carbons (Fsp3) is 0.304. The van der Waals surface area contributed by atoms with Gasteiger partial charge in [0, 0.05) is 12.0 Å². The minimum atomic E-state index is -1.47. The third kappa shape index (κ3) is 2.12. The van der Waals surface area contributed by atoms with Crippen molar-refractivity contribution in [3.05, 3.63) is 70.8 Å². The lowest BCUT2D eigenvalue weighted by Gasteiger charge is -2.45. The highest BCUT2D eigenvalue weighted by Crippen LogP contribution is 2.55. The molecule has 0 saturated carbocycles. The van der Waals surface area contributed by atoms with Crippen LogP contribution in [-0.2, 0) is 15.2 Å². The normalized spacial score (nSPS) is 28.9. The molecular formula is C23H20N4O4. The molecule has 3 aliphatic rings. The average molecular weight is 416 g/mol. The quantitative estimate of drug-likeness (QED) is 0.684. The molecule has 2 saturated heterocycles. The van der Waals surface area contributed by atoms with Gasteiger partial charge in [-0.05, 0) is 24.6 Å². The summed E-state index contributed by atoms with van der Waals surface area (Å²) in [6, 6.07) is 12.5. The summed E-state index contributed by atoms with van der Waals surface area (Å²) in [6.07, 6.45) is 0.988. The van der Waals surface area contributed by atoms with Crippen LogP contribution in [0.3, 0.4) is 0 Å². The van der Waals surface area contributed by atoms with E-state index in [1.165, 1.54) is 15.8 Å². The number of fused-ring (bicyclic) bond motifs is 4. The summed E-state index contributed by atoms with van der Waals surface area (Å²) in [5, 5.41) is 12.3. The maximum Gasteiger partial charge on any atom is 0.261 e. The van der Waals surface area contributed by atoms with Crippen molar-refractivity contribution in [2.75, 3.05) is 4.90 Å². The second-order valence-corrected chi connectivity index (χ2v) is 8.39. The summed E-state index contributed by atoms with van der Waals surface area (Å²) < 4.78 is 1.31. The van der Waals surface area contributed by atoms with E-state index in [9.17, 15) is 19.5 Å². The summed E-state index contributed by atoms with van der Waals surface area (Å²) in [7, 11) is 0. The Morgan fingerprint density at radius 3 is 2.61 bits per heavy atom. The van der Waals surface area contributed by atoms with E-state index in [1.54, 1.807) is 47.4 Å². The first-order valence-electron chi connectivity index (χ1n) is 10.4. The van der Waals surface area contributed by atoms with Gasteiger partial charge in [0.15, 0.2) is 0 Å². The highest BCUT2D eigenvalue weighted by Gasteiger charge is 2.67. The number of anilines is 1. The van der Waals surface area contributed by atoms with Crippen LogP contribution in [-0.4, -0.2) is 43.6 Å². The molecule has 2 aromatic carbocycles. The van der Waals surface area contributed by atoms with Crippen molar-refractivity contribution in [3.8, 4) is 0 Å². The minimum absolute atomic E-state index is 0.00977. The van der Waals surface area contributed by atoms with E-state index < -0.39 is 23.9 Å². The maximum atomic E-state index is 13.7. The van der Waals surface area contributed by atoms with Crippen LogP contribution < -0.4 is 10.5 Å². The Labute approximate surface area is 177 Å². The lowest BCUT2D eigenvalue weighted by molar-refractivity contribution is -0.159. The third-order valence-corrected chi connectivity index (χ3v) is 6.88. The number of hydrogen-bond donors (Lipinski definition) is 1. The zero-order valence-corrected chi connectivity index (χ0v) is 16.8. The van der Waals surface area contributed by atoms with Crippen LogP contribution in [0, 0.1) is 0 Å². The van der Waals surface area contributed by atoms with Gasteiger partial charge in [0.2, 0.25) is 5.91 Å². The van der Waals surface area contributed by atoms with E-state index >= 15 is 0 Å². The molecule has 0 bridgehead atoms. The van der Waals surface area contributed by atoms with E-state index in [0.29, 0.717) is 28.6 Å². The number of benzene rings is 2. The summed E-state index contributed by atoms with van der Waals surface area (Å²) >= 11 is 0. The molecule has 8 nitrogen and oxygen atoms in total. The number of para-hydroxylation sites is 2. The Morgan fingerprint density at radius 1 is 1.06 bits per heavy atom. The molecule has 4 atom stereocenters. The lowest BCUT2D eigenvalue weighted by Crippen LogP contribution is -2.61. The molecule has 0 aliphatic carbocycles. The van der Waals surface area contributed by atoms with Gasteiger partial charge in [0.05, 0.1) is 22.9 Å². The van der Waals surface area contributed by atoms with Crippen molar-refractivity contribution >= 4 is 28.4 Å². The van der Waals surface area contributed by atoms with E-state index in [4.69, 9.17) is 0 Å². The summed E-state index contributed by atoms with van der Waals surface area (Å²) in [6.45, 7) is 1.84. The number of nitrogens with zero attached hydrogens (tertiary/aromatic N) is 4. The standard InChI is InChI=1S/C23H20N4O4/c1-2-16-20(29)27-17-10-6-4-8-14(17)23(31)11-18(21(30)26(16)22(23)27)25-12-24-15-9-5-3-7-13(15)19(25)28/h3-10,12,16,18,22,31H,2,11H2,1H3/t16-,18+,22+,23+/m0/s1. The summed E-state index contributed by atoms with van der Waals surface area (Å²) in [5.74, 6) is -0.543. The van der Waals surface area contributed by atoms with E-state index in [2.05, 4.69) is 4.98 Å². The first kappa shape index (κ1) is 18.3. The monoisotopic (exact) mass is 416 g/mol. The molecule has 2 fully saturated rings. The molecule has 0 radical (unpaired) electrons. The molecule has 4 heterocycles. The van der Waals surface area contributed by atoms with Gasteiger partial charge in [-0.3, -0.25) is 23.9 Å². The Kier molecular flexibility index (Phi) is 3.54. The number of aromatic nitrogens is 2. The topological polar surface area (TPSA) is 95.7 Å². The zero-order valence-electron chi connectivity index (χ0n) is 16.8. The average Bonchev–Trinajstić information content (AvgIpc) is 3.23. The van der Waals surface area contributed by atoms with Gasteiger partial charge in [-0.15, -0.1) is 0 Å². The Hall–Kier alpha value is -3.52. The number of hydrogen-bond acceptors (Lipinski definition) is 5. The minimum Gasteiger partial charge on any atom is -0.381 e. The van der Waals surface area contributed by atoms with Crippen LogP contribution in [0.25, 0.3) is 10.9 Å². The predicted molar refractivity (Wildman–Crippen MR) is 112 cm³/mol. The maximum absolute atomic E-state index is 13.7. The molecule has 156 valence electrons. The van der Waals surface area contributed by atoms with Gasteiger partial charge in [-0.2, -0.15) is 0 Å². The van der Waals surface area contributed by atoms with Crippen LogP contribution in [0.1, 0.15) is 31.4 Å². The SMILES string of the molecule is CC[C@H]1C(=O)N2c3ccccc3[C@]3(O)C[C@@H](n4cnc5ccccc5c4=O)C(=O)N1[C@H]23. The van der Waals surface area contributed by atoms with Gasteiger partial charge in [0.1, 0.15) is 23.9 Å². The van der Waals surface area contributed by atoms with E-state index in [0.717, 1.165) is 0 Å². The van der Waals surface area contributed by atoms with Crippen LogP contribution >= 0.6 is 0 Å². The Morgan fingerprint density at radius 2 is 1.81 bits per heavy atom. The van der Waals surface area contributed by atoms with Gasteiger partial charge in [-0.25, -0.2) is 4.98 Å². The highest BCUT2D eigenvalue weighted by atomic mass is 16.3. The van der Waals surface area contributed by atoms with Crippen molar-refractivity contribution in [2.45, 2.75) is 43.6 Å². The number of carbonyl (C=O) groups excluding carboxylic acids is 2. The van der Waals surface area contributed by atoms with Crippen molar-refractivity contribution in [1.82, 2.24) is 14.5 Å². The number of rotatable bonds is 2. The first-order valence-corrected chi connectivity index (χ1v) is 10.4. The van der Waals surface area contributed by atoms with Crippen LogP contribution in [0.15, 0.2) is 59.7 Å². The molecule has 31 heavy (non-hydrogen) atoms. The number of piperidine rings is 1. The fourth-order valence-electron chi connectivity index (χ4n) is 5.52. The van der Waals surface area contributed by atoms with Gasteiger partial charge >= 0.3 is 0 Å². The smallest absolute Gasteiger partial charge is 0.261 e. The molecule has 3 aromatic rings. The van der Waals surface area contributed by atoms with Crippen LogP contribution in [0.5, 0.6) is 0 Å². The number of carbonyl (C=O) groups is 2. The molecular weight excluding hydrogens is 396 g/mol. The largest absolute Gasteiger partial charge is 0.381 e. The van der Waals surface area contributed by atoms with Crippen LogP contribution in [0.2, 0.25) is 0 Å². The Balaban J connectivity index is 1.57. The predicted octanol–water partition coefficient (Wildman–Crippen LogP) is 1.52. The summed E-state index contributed by atoms with van der Waals surface area (Å²) in [5.41, 5.74) is -0.0399. The van der Waals surface area contributed by atoms with Crippen molar-refractivity contribution in [2.24, 2.45) is 0 Å². The Bertz CT molecular complexity index is 1330. The fourth-order valence-corrected chi connectivity index (χ4v) is 5.52. The number of aliphatic hydroxyl groups is 1. The number of amides is 2. The molecule has 1 N–H and O–H groups in total. The molecule has 1 aromatic heterocycles. The van der Waals surface area contributed by atoms with Crippen molar-refractivity contribution in [3.63, 3.8) is 0 Å². The van der Waals surface area contributed by atoms with Crippen LogP contribution in [0.4, 0.5) is 5.69 Å². The molecule has 0 unspecified atom stereocenters. The van der Waals surface area contributed by atoms with Crippen molar-refractivity contribution in [1.29, 1.82) is 0 Å². The van der Waals surface area contributed by atoms with Gasteiger partial charge in [0.25, 0.3) is 11.5 Å². The molecule has 3 aliphatic heterocycles. The molecule has 8 heteroatoms. The lowest BCUT2D eigenvalue weighted by atomic mass is 9.82. The second-order valence-electron chi connectivity index (χ2n) is 8.39. The zero-order chi connectivity index (χ0) is 21.5.